The molecule has 0 spiro atoms. The number of benzene rings is 1. The van der Waals surface area contributed by atoms with Gasteiger partial charge in [-0.3, -0.25) is 10.00 Å². The zero-order valence-electron chi connectivity index (χ0n) is 13.8. The van der Waals surface area contributed by atoms with E-state index in [1.807, 2.05) is 19.1 Å². The standard InChI is InChI=1S/C18H22ClN5/c1-12-18(19)16(23-22-12)11-24-8-4-5-13(10-24)9-17-20-14-6-2-3-7-15(14)21-17/h2-3,6-7,13H,4-5,8-11H2,1H3,(H,20,21)(H,22,23)/t13-/m0/s1. The number of halogens is 1. The van der Waals surface area contributed by atoms with Crippen LogP contribution in [0.3, 0.4) is 0 Å². The SMILES string of the molecule is Cc1[nH]nc(CN2CCC[C@@H](Cc3nc4ccccc4[nH]3)C2)c1Cl. The van der Waals surface area contributed by atoms with Crippen LogP contribution in [0, 0.1) is 12.8 Å². The number of likely N-dealkylation sites (tertiary alicyclic amines) is 1. The topological polar surface area (TPSA) is 60.6 Å². The summed E-state index contributed by atoms with van der Waals surface area (Å²) < 4.78 is 0. The van der Waals surface area contributed by atoms with Gasteiger partial charge in [0.2, 0.25) is 0 Å². The van der Waals surface area contributed by atoms with Crippen molar-refractivity contribution in [2.24, 2.45) is 5.92 Å². The summed E-state index contributed by atoms with van der Waals surface area (Å²) in [4.78, 5) is 10.6. The molecule has 0 saturated carbocycles. The Balaban J connectivity index is 1.42. The van der Waals surface area contributed by atoms with Gasteiger partial charge >= 0.3 is 0 Å². The number of imidazole rings is 1. The number of H-pyrrole nitrogens is 2. The zero-order valence-corrected chi connectivity index (χ0v) is 14.6. The highest BCUT2D eigenvalue weighted by Crippen LogP contribution is 2.24. The number of nitrogens with zero attached hydrogens (tertiary/aromatic N) is 3. The third-order valence-corrected chi connectivity index (χ3v) is 5.34. The molecule has 1 fully saturated rings. The smallest absolute Gasteiger partial charge is 0.107 e. The van der Waals surface area contributed by atoms with Gasteiger partial charge in [0.25, 0.3) is 0 Å². The number of hydrogen-bond acceptors (Lipinski definition) is 3. The van der Waals surface area contributed by atoms with E-state index < -0.39 is 0 Å². The molecule has 1 aliphatic heterocycles. The lowest BCUT2D eigenvalue weighted by Crippen LogP contribution is -2.36. The third-order valence-electron chi connectivity index (χ3n) is 4.84. The van der Waals surface area contributed by atoms with Gasteiger partial charge in [-0.2, -0.15) is 5.10 Å². The van der Waals surface area contributed by atoms with Gasteiger partial charge < -0.3 is 4.98 Å². The summed E-state index contributed by atoms with van der Waals surface area (Å²) >= 11 is 6.30. The van der Waals surface area contributed by atoms with Crippen LogP contribution in [0.5, 0.6) is 0 Å². The quantitative estimate of drug-likeness (QED) is 0.759. The first-order valence-corrected chi connectivity index (χ1v) is 8.92. The minimum absolute atomic E-state index is 0.623. The van der Waals surface area contributed by atoms with Crippen molar-refractivity contribution < 1.29 is 0 Å². The molecule has 5 nitrogen and oxygen atoms in total. The zero-order chi connectivity index (χ0) is 16.5. The first-order valence-electron chi connectivity index (χ1n) is 8.54. The third kappa shape index (κ3) is 3.19. The van der Waals surface area contributed by atoms with Gasteiger partial charge in [0.1, 0.15) is 5.82 Å². The van der Waals surface area contributed by atoms with E-state index in [4.69, 9.17) is 16.6 Å². The molecule has 126 valence electrons. The van der Waals surface area contributed by atoms with Crippen molar-refractivity contribution in [2.75, 3.05) is 13.1 Å². The minimum atomic E-state index is 0.623. The molecule has 1 atom stereocenters. The van der Waals surface area contributed by atoms with Crippen molar-refractivity contribution in [2.45, 2.75) is 32.7 Å². The molecule has 6 heteroatoms. The number of para-hydroxylation sites is 2. The second-order valence-corrected chi connectivity index (χ2v) is 7.14. The van der Waals surface area contributed by atoms with E-state index in [0.717, 1.165) is 59.3 Å². The summed E-state index contributed by atoms with van der Waals surface area (Å²) in [6, 6.07) is 8.22. The average Bonchev–Trinajstić information content (AvgIpc) is 3.13. The molecule has 4 rings (SSSR count). The normalized spacial score (nSPS) is 19.2. The highest BCUT2D eigenvalue weighted by atomic mass is 35.5. The number of piperidine rings is 1. The van der Waals surface area contributed by atoms with Crippen LogP contribution in [-0.2, 0) is 13.0 Å². The lowest BCUT2D eigenvalue weighted by Gasteiger charge is -2.31. The lowest BCUT2D eigenvalue weighted by atomic mass is 9.94. The summed E-state index contributed by atoms with van der Waals surface area (Å²) in [6.07, 6.45) is 3.46. The van der Waals surface area contributed by atoms with Crippen molar-refractivity contribution >= 4 is 22.6 Å². The Labute approximate surface area is 146 Å². The maximum atomic E-state index is 6.30. The molecule has 0 bridgehead atoms. The van der Waals surface area contributed by atoms with Crippen LogP contribution in [-0.4, -0.2) is 38.2 Å². The Morgan fingerprint density at radius 1 is 1.33 bits per heavy atom. The molecule has 2 aromatic heterocycles. The summed E-state index contributed by atoms with van der Waals surface area (Å²) in [5, 5.41) is 8.07. The maximum Gasteiger partial charge on any atom is 0.107 e. The summed E-state index contributed by atoms with van der Waals surface area (Å²) in [7, 11) is 0. The average molecular weight is 344 g/mol. The number of nitrogens with one attached hydrogen (secondary N) is 2. The van der Waals surface area contributed by atoms with Gasteiger partial charge in [-0.1, -0.05) is 23.7 Å². The monoisotopic (exact) mass is 343 g/mol. The van der Waals surface area contributed by atoms with E-state index >= 15 is 0 Å². The van der Waals surface area contributed by atoms with E-state index in [9.17, 15) is 0 Å². The van der Waals surface area contributed by atoms with Crippen molar-refractivity contribution in [3.8, 4) is 0 Å². The van der Waals surface area contributed by atoms with Gasteiger partial charge in [-0.15, -0.1) is 0 Å². The molecular weight excluding hydrogens is 322 g/mol. The molecule has 1 aromatic carbocycles. The molecule has 1 saturated heterocycles. The first kappa shape index (κ1) is 15.7. The van der Waals surface area contributed by atoms with Gasteiger partial charge in [-0.05, 0) is 44.4 Å². The number of fused-ring (bicyclic) bond motifs is 1. The fraction of sp³-hybridized carbons (Fsp3) is 0.444. The van der Waals surface area contributed by atoms with E-state index in [1.165, 1.54) is 12.8 Å². The molecule has 0 unspecified atom stereocenters. The molecule has 24 heavy (non-hydrogen) atoms. The first-order chi connectivity index (χ1) is 11.7. The summed E-state index contributed by atoms with van der Waals surface area (Å²) in [5.74, 6) is 1.72. The number of rotatable bonds is 4. The van der Waals surface area contributed by atoms with Crippen LogP contribution in [0.2, 0.25) is 5.02 Å². The predicted molar refractivity (Wildman–Crippen MR) is 96.1 cm³/mol. The molecule has 3 aromatic rings. The molecule has 1 aliphatic rings. The molecule has 2 N–H and O–H groups in total. The van der Waals surface area contributed by atoms with Crippen LogP contribution in [0.15, 0.2) is 24.3 Å². The lowest BCUT2D eigenvalue weighted by molar-refractivity contribution is 0.164. The molecule has 0 amide bonds. The largest absolute Gasteiger partial charge is 0.342 e. The Morgan fingerprint density at radius 2 is 2.21 bits per heavy atom. The highest BCUT2D eigenvalue weighted by molar-refractivity contribution is 6.31. The fourth-order valence-corrected chi connectivity index (χ4v) is 3.76. The van der Waals surface area contributed by atoms with Crippen LogP contribution < -0.4 is 0 Å². The van der Waals surface area contributed by atoms with Crippen LogP contribution >= 0.6 is 11.6 Å². The maximum absolute atomic E-state index is 6.30. The Morgan fingerprint density at radius 3 is 3.00 bits per heavy atom. The summed E-state index contributed by atoms with van der Waals surface area (Å²) in [5.41, 5.74) is 4.08. The Hall–Kier alpha value is -1.85. The van der Waals surface area contributed by atoms with Gasteiger partial charge in [0.05, 0.1) is 27.4 Å². The second kappa shape index (κ2) is 6.57. The van der Waals surface area contributed by atoms with Crippen molar-refractivity contribution in [3.63, 3.8) is 0 Å². The molecule has 3 heterocycles. The van der Waals surface area contributed by atoms with Crippen molar-refractivity contribution in [1.82, 2.24) is 25.1 Å². The van der Waals surface area contributed by atoms with Gasteiger partial charge in [0.15, 0.2) is 0 Å². The number of aromatic nitrogens is 4. The van der Waals surface area contributed by atoms with Crippen LogP contribution in [0.4, 0.5) is 0 Å². The number of aryl methyl sites for hydroxylation is 1. The Bertz CT molecular complexity index is 804. The summed E-state index contributed by atoms with van der Waals surface area (Å²) in [6.45, 7) is 4.96. The molecule has 0 radical (unpaired) electrons. The van der Waals surface area contributed by atoms with Gasteiger partial charge in [-0.25, -0.2) is 4.98 Å². The van der Waals surface area contributed by atoms with Gasteiger partial charge in [0, 0.05) is 19.5 Å². The fourth-order valence-electron chi connectivity index (χ4n) is 3.62. The van der Waals surface area contributed by atoms with E-state index in [1.54, 1.807) is 0 Å². The Kier molecular flexibility index (Phi) is 4.29. The minimum Gasteiger partial charge on any atom is -0.342 e. The highest BCUT2D eigenvalue weighted by Gasteiger charge is 2.23. The van der Waals surface area contributed by atoms with Crippen molar-refractivity contribution in [1.29, 1.82) is 0 Å². The second-order valence-electron chi connectivity index (χ2n) is 6.76. The van der Waals surface area contributed by atoms with Crippen molar-refractivity contribution in [3.05, 3.63) is 46.5 Å². The number of aromatic amines is 2. The number of hydrogen-bond donors (Lipinski definition) is 2. The molecular formula is C18H22ClN5. The van der Waals surface area contributed by atoms with Crippen LogP contribution in [0.25, 0.3) is 11.0 Å². The molecule has 0 aliphatic carbocycles. The van der Waals surface area contributed by atoms with E-state index in [0.29, 0.717) is 5.92 Å². The predicted octanol–water partition coefficient (Wildman–Crippen LogP) is 3.70. The van der Waals surface area contributed by atoms with Crippen LogP contribution in [0.1, 0.15) is 30.1 Å². The van der Waals surface area contributed by atoms with E-state index in [2.05, 4.69) is 32.2 Å². The van der Waals surface area contributed by atoms with E-state index in [-0.39, 0.29) is 0 Å².